The van der Waals surface area contributed by atoms with Crippen LogP contribution in [0.3, 0.4) is 0 Å². The third-order valence-corrected chi connectivity index (χ3v) is 2.08. The molecule has 0 aromatic heterocycles. The summed E-state index contributed by atoms with van der Waals surface area (Å²) in [6.45, 7) is 4.98. The summed E-state index contributed by atoms with van der Waals surface area (Å²) in [6.07, 6.45) is 2.22. The topological polar surface area (TPSA) is 50.4 Å². The first-order chi connectivity index (χ1) is 7.22. The van der Waals surface area contributed by atoms with Crippen molar-refractivity contribution in [3.05, 3.63) is 29.8 Å². The van der Waals surface area contributed by atoms with Gasteiger partial charge in [0.15, 0.2) is 5.96 Å². The number of nitrogens with two attached hydrogens (primary N) is 1. The number of rotatable bonds is 4. The van der Waals surface area contributed by atoms with Crippen LogP contribution >= 0.6 is 0 Å². The van der Waals surface area contributed by atoms with E-state index < -0.39 is 0 Å². The van der Waals surface area contributed by atoms with Crippen LogP contribution in [0.1, 0.15) is 25.3 Å². The molecule has 0 atom stereocenters. The number of aryl methyl sites for hydroxylation is 1. The highest BCUT2D eigenvalue weighted by molar-refractivity contribution is 5.92. The van der Waals surface area contributed by atoms with Crippen molar-refractivity contribution in [1.82, 2.24) is 0 Å². The van der Waals surface area contributed by atoms with Gasteiger partial charge in [-0.3, -0.25) is 4.99 Å². The van der Waals surface area contributed by atoms with Crippen LogP contribution in [-0.4, -0.2) is 12.5 Å². The molecule has 15 heavy (non-hydrogen) atoms. The molecular formula is C12H19N3. The SMILES string of the molecule is CCCCN=C(N)Nc1cccc(C)c1. The summed E-state index contributed by atoms with van der Waals surface area (Å²) in [5.74, 6) is 0.494. The number of nitrogens with zero attached hydrogens (tertiary/aromatic N) is 1. The Morgan fingerprint density at radius 2 is 2.27 bits per heavy atom. The third kappa shape index (κ3) is 4.49. The smallest absolute Gasteiger partial charge is 0.193 e. The summed E-state index contributed by atoms with van der Waals surface area (Å²) in [6, 6.07) is 8.07. The first-order valence-electron chi connectivity index (χ1n) is 5.36. The molecule has 1 aromatic carbocycles. The van der Waals surface area contributed by atoms with E-state index in [2.05, 4.69) is 30.2 Å². The molecule has 0 spiro atoms. The van der Waals surface area contributed by atoms with Gasteiger partial charge < -0.3 is 11.1 Å². The lowest BCUT2D eigenvalue weighted by Gasteiger charge is -2.05. The van der Waals surface area contributed by atoms with Crippen LogP contribution in [0.4, 0.5) is 5.69 Å². The Labute approximate surface area is 91.4 Å². The fraction of sp³-hybridized carbons (Fsp3) is 0.417. The Hall–Kier alpha value is -1.51. The summed E-state index contributed by atoms with van der Waals surface area (Å²) < 4.78 is 0. The van der Waals surface area contributed by atoms with Crippen molar-refractivity contribution < 1.29 is 0 Å². The maximum atomic E-state index is 5.74. The van der Waals surface area contributed by atoms with Crippen LogP contribution in [0.25, 0.3) is 0 Å². The zero-order chi connectivity index (χ0) is 11.1. The van der Waals surface area contributed by atoms with Gasteiger partial charge in [-0.15, -0.1) is 0 Å². The lowest BCUT2D eigenvalue weighted by atomic mass is 10.2. The number of guanidine groups is 1. The van der Waals surface area contributed by atoms with Crippen molar-refractivity contribution in [2.75, 3.05) is 11.9 Å². The van der Waals surface area contributed by atoms with E-state index in [0.717, 1.165) is 25.1 Å². The molecule has 0 saturated carbocycles. The number of hydrogen-bond donors (Lipinski definition) is 2. The zero-order valence-corrected chi connectivity index (χ0v) is 9.46. The molecule has 0 saturated heterocycles. The molecule has 3 heteroatoms. The van der Waals surface area contributed by atoms with Gasteiger partial charge in [-0.1, -0.05) is 25.5 Å². The van der Waals surface area contributed by atoms with E-state index >= 15 is 0 Å². The summed E-state index contributed by atoms with van der Waals surface area (Å²) in [5.41, 5.74) is 7.94. The van der Waals surface area contributed by atoms with Gasteiger partial charge >= 0.3 is 0 Å². The van der Waals surface area contributed by atoms with Crippen molar-refractivity contribution in [1.29, 1.82) is 0 Å². The summed E-state index contributed by atoms with van der Waals surface area (Å²) in [7, 11) is 0. The van der Waals surface area contributed by atoms with Crippen LogP contribution in [0.15, 0.2) is 29.3 Å². The van der Waals surface area contributed by atoms with Crippen LogP contribution in [0.2, 0.25) is 0 Å². The average Bonchev–Trinajstić information content (AvgIpc) is 2.18. The number of hydrogen-bond acceptors (Lipinski definition) is 1. The van der Waals surface area contributed by atoms with Gasteiger partial charge in [-0.2, -0.15) is 0 Å². The molecule has 3 nitrogen and oxygen atoms in total. The van der Waals surface area contributed by atoms with Crippen LogP contribution in [0, 0.1) is 6.92 Å². The highest BCUT2D eigenvalue weighted by Gasteiger charge is 1.94. The van der Waals surface area contributed by atoms with E-state index in [1.807, 2.05) is 18.2 Å². The molecule has 82 valence electrons. The zero-order valence-electron chi connectivity index (χ0n) is 9.46. The second-order valence-corrected chi connectivity index (χ2v) is 3.61. The molecule has 0 aliphatic carbocycles. The monoisotopic (exact) mass is 205 g/mol. The predicted molar refractivity (Wildman–Crippen MR) is 66.2 cm³/mol. The van der Waals surface area contributed by atoms with Crippen LogP contribution in [-0.2, 0) is 0 Å². The number of aliphatic imine (C=N–C) groups is 1. The largest absolute Gasteiger partial charge is 0.370 e. The molecule has 3 N–H and O–H groups in total. The van der Waals surface area contributed by atoms with Gasteiger partial charge in [0, 0.05) is 12.2 Å². The van der Waals surface area contributed by atoms with Crippen molar-refractivity contribution in [2.45, 2.75) is 26.7 Å². The number of anilines is 1. The number of nitrogens with one attached hydrogen (secondary N) is 1. The van der Waals surface area contributed by atoms with Crippen molar-refractivity contribution >= 4 is 11.6 Å². The third-order valence-electron chi connectivity index (χ3n) is 2.08. The molecule has 0 heterocycles. The minimum Gasteiger partial charge on any atom is -0.370 e. The average molecular weight is 205 g/mol. The van der Waals surface area contributed by atoms with Gasteiger partial charge in [0.1, 0.15) is 0 Å². The van der Waals surface area contributed by atoms with Gasteiger partial charge in [0.05, 0.1) is 0 Å². The maximum absolute atomic E-state index is 5.74. The Bertz CT molecular complexity index is 331. The molecule has 0 radical (unpaired) electrons. The molecular weight excluding hydrogens is 186 g/mol. The Kier molecular flexibility index (Phi) is 4.68. The predicted octanol–water partition coefficient (Wildman–Crippen LogP) is 2.52. The van der Waals surface area contributed by atoms with Gasteiger partial charge in [0.25, 0.3) is 0 Å². The second-order valence-electron chi connectivity index (χ2n) is 3.61. The van der Waals surface area contributed by atoms with E-state index in [1.54, 1.807) is 0 Å². The lowest BCUT2D eigenvalue weighted by Crippen LogP contribution is -2.22. The Morgan fingerprint density at radius 1 is 1.47 bits per heavy atom. The van der Waals surface area contributed by atoms with Crippen molar-refractivity contribution in [3.63, 3.8) is 0 Å². The first kappa shape index (κ1) is 11.6. The van der Waals surface area contributed by atoms with E-state index in [-0.39, 0.29) is 0 Å². The maximum Gasteiger partial charge on any atom is 0.193 e. The van der Waals surface area contributed by atoms with Crippen molar-refractivity contribution in [3.8, 4) is 0 Å². The van der Waals surface area contributed by atoms with Crippen molar-refractivity contribution in [2.24, 2.45) is 10.7 Å². The summed E-state index contributed by atoms with van der Waals surface area (Å²) in [5, 5.41) is 3.07. The van der Waals surface area contributed by atoms with Crippen LogP contribution < -0.4 is 11.1 Å². The fourth-order valence-corrected chi connectivity index (χ4v) is 1.27. The fourth-order valence-electron chi connectivity index (χ4n) is 1.27. The quantitative estimate of drug-likeness (QED) is 0.451. The Balaban J connectivity index is 2.50. The molecule has 0 unspecified atom stereocenters. The molecule has 0 amide bonds. The summed E-state index contributed by atoms with van der Waals surface area (Å²) in [4.78, 5) is 4.22. The molecule has 0 aliphatic heterocycles. The highest BCUT2D eigenvalue weighted by atomic mass is 15.1. The standard InChI is InChI=1S/C12H19N3/c1-3-4-8-14-12(13)15-11-7-5-6-10(2)9-11/h5-7,9H,3-4,8H2,1-2H3,(H3,13,14,15). The van der Waals surface area contributed by atoms with Crippen LogP contribution in [0.5, 0.6) is 0 Å². The molecule has 1 aromatic rings. The molecule has 1 rings (SSSR count). The molecule has 0 aliphatic rings. The van der Waals surface area contributed by atoms with Gasteiger partial charge in [-0.25, -0.2) is 0 Å². The normalized spacial score (nSPS) is 11.5. The summed E-state index contributed by atoms with van der Waals surface area (Å²) >= 11 is 0. The van der Waals surface area contributed by atoms with E-state index in [4.69, 9.17) is 5.73 Å². The minimum absolute atomic E-state index is 0.494. The lowest BCUT2D eigenvalue weighted by molar-refractivity contribution is 0.807. The van der Waals surface area contributed by atoms with E-state index in [1.165, 1.54) is 5.56 Å². The first-order valence-corrected chi connectivity index (χ1v) is 5.36. The number of unbranched alkanes of at least 4 members (excludes halogenated alkanes) is 1. The molecule has 0 fully saturated rings. The number of benzene rings is 1. The minimum atomic E-state index is 0.494. The second kappa shape index (κ2) is 6.06. The Morgan fingerprint density at radius 3 is 2.93 bits per heavy atom. The van der Waals surface area contributed by atoms with Gasteiger partial charge in [0.2, 0.25) is 0 Å². The molecule has 0 bridgehead atoms. The van der Waals surface area contributed by atoms with E-state index in [9.17, 15) is 0 Å². The highest BCUT2D eigenvalue weighted by Crippen LogP contribution is 2.08. The van der Waals surface area contributed by atoms with Gasteiger partial charge in [-0.05, 0) is 31.0 Å². The van der Waals surface area contributed by atoms with E-state index in [0.29, 0.717) is 5.96 Å².